The Morgan fingerprint density at radius 3 is 2.79 bits per heavy atom. The lowest BCUT2D eigenvalue weighted by Gasteiger charge is -2.18. The molecule has 172 valence electrons. The number of hydrogen-bond donors (Lipinski definition) is 2. The van der Waals surface area contributed by atoms with Crippen LogP contribution in [0, 0.1) is 0 Å². The minimum atomic E-state index is -4.12. The molecule has 0 bridgehead atoms. The van der Waals surface area contributed by atoms with Crippen LogP contribution in [-0.4, -0.2) is 59.3 Å². The van der Waals surface area contributed by atoms with Gasteiger partial charge in [-0.3, -0.25) is 4.79 Å². The number of aromatic nitrogens is 5. The summed E-state index contributed by atoms with van der Waals surface area (Å²) in [6, 6.07) is 10.7. The largest absolute Gasteiger partial charge is 0.494 e. The highest BCUT2D eigenvalue weighted by Crippen LogP contribution is 2.26. The quantitative estimate of drug-likeness (QED) is 0.352. The van der Waals surface area contributed by atoms with E-state index in [0.29, 0.717) is 11.4 Å². The molecule has 11 nitrogen and oxygen atoms in total. The molecule has 0 spiro atoms. The zero-order valence-electron chi connectivity index (χ0n) is 17.9. The summed E-state index contributed by atoms with van der Waals surface area (Å²) in [5.41, 5.74) is 2.00. The molecule has 1 atom stereocenters. The fourth-order valence-electron chi connectivity index (χ4n) is 3.48. The average Bonchev–Trinajstić information content (AvgIpc) is 3.49. The van der Waals surface area contributed by atoms with Gasteiger partial charge in [-0.1, -0.05) is 18.2 Å². The van der Waals surface area contributed by atoms with E-state index in [1.807, 2.05) is 24.3 Å². The predicted octanol–water partition coefficient (Wildman–Crippen LogP) is 1.60. The van der Waals surface area contributed by atoms with Crippen molar-refractivity contribution in [3.63, 3.8) is 0 Å². The third-order valence-corrected chi connectivity index (χ3v) is 6.49. The standard InChI is InChI=1S/C21H22N6O5S/c1-3-32-21(28)18(10-14-12-22-17-7-5-4-6-16(14)17)24-33(29,30)15-8-9-20(31-2)19(11-15)27-13-23-25-26-27/h4-9,11-13,18,22,24H,3,10H2,1-2H3. The predicted molar refractivity (Wildman–Crippen MR) is 118 cm³/mol. The molecule has 4 aromatic rings. The highest BCUT2D eigenvalue weighted by atomic mass is 32.2. The Labute approximate surface area is 189 Å². The van der Waals surface area contributed by atoms with Crippen LogP contribution in [-0.2, 0) is 26.0 Å². The number of esters is 1. The second-order valence-corrected chi connectivity index (χ2v) is 8.79. The van der Waals surface area contributed by atoms with Crippen LogP contribution >= 0.6 is 0 Å². The Morgan fingerprint density at radius 1 is 1.24 bits per heavy atom. The molecule has 0 fully saturated rings. The number of sulfonamides is 1. The summed E-state index contributed by atoms with van der Waals surface area (Å²) in [4.78, 5) is 15.7. The molecule has 0 aliphatic rings. The van der Waals surface area contributed by atoms with E-state index in [1.54, 1.807) is 13.1 Å². The maximum atomic E-state index is 13.2. The monoisotopic (exact) mass is 470 g/mol. The number of nitrogens with zero attached hydrogens (tertiary/aromatic N) is 4. The molecule has 0 saturated carbocycles. The first-order chi connectivity index (χ1) is 15.9. The molecule has 2 aromatic heterocycles. The molecule has 0 aliphatic carbocycles. The van der Waals surface area contributed by atoms with Crippen LogP contribution < -0.4 is 9.46 Å². The number of rotatable bonds is 9. The average molecular weight is 471 g/mol. The number of nitrogens with one attached hydrogen (secondary N) is 2. The van der Waals surface area contributed by atoms with Gasteiger partial charge in [0, 0.05) is 23.5 Å². The summed E-state index contributed by atoms with van der Waals surface area (Å²) in [6.07, 6.45) is 3.19. The van der Waals surface area contributed by atoms with Gasteiger partial charge in [0.2, 0.25) is 10.0 Å². The zero-order chi connectivity index (χ0) is 23.4. The van der Waals surface area contributed by atoms with Gasteiger partial charge in [-0.15, -0.1) is 5.10 Å². The van der Waals surface area contributed by atoms with Crippen LogP contribution in [0.5, 0.6) is 5.75 Å². The summed E-state index contributed by atoms with van der Waals surface area (Å²) in [5.74, 6) is -0.289. The van der Waals surface area contributed by atoms with Crippen LogP contribution in [0.4, 0.5) is 0 Å². The lowest BCUT2D eigenvalue weighted by Crippen LogP contribution is -2.43. The lowest BCUT2D eigenvalue weighted by molar-refractivity contribution is -0.145. The molecular formula is C21H22N6O5S. The first-order valence-electron chi connectivity index (χ1n) is 10.1. The minimum absolute atomic E-state index is 0.0815. The maximum Gasteiger partial charge on any atom is 0.324 e. The fraction of sp³-hybridized carbons (Fsp3) is 0.238. The second-order valence-electron chi connectivity index (χ2n) is 7.08. The molecule has 0 radical (unpaired) electrons. The summed E-state index contributed by atoms with van der Waals surface area (Å²) < 4.78 is 40.7. The van der Waals surface area contributed by atoms with Crippen LogP contribution in [0.15, 0.2) is 59.9 Å². The van der Waals surface area contributed by atoms with Gasteiger partial charge in [0.05, 0.1) is 18.6 Å². The molecule has 12 heteroatoms. The molecular weight excluding hydrogens is 448 g/mol. The molecule has 1 unspecified atom stereocenters. The number of carbonyl (C=O) groups is 1. The first kappa shape index (κ1) is 22.4. The topological polar surface area (TPSA) is 141 Å². The van der Waals surface area contributed by atoms with Gasteiger partial charge in [0.15, 0.2) is 0 Å². The summed E-state index contributed by atoms with van der Waals surface area (Å²) in [5, 5.41) is 11.8. The fourth-order valence-corrected chi connectivity index (χ4v) is 4.68. The second kappa shape index (κ2) is 9.38. The van der Waals surface area contributed by atoms with Crippen molar-refractivity contribution >= 4 is 26.9 Å². The van der Waals surface area contributed by atoms with E-state index in [9.17, 15) is 13.2 Å². The highest BCUT2D eigenvalue weighted by Gasteiger charge is 2.29. The van der Waals surface area contributed by atoms with Crippen molar-refractivity contribution in [3.05, 3.63) is 60.6 Å². The Hall–Kier alpha value is -3.77. The third-order valence-electron chi connectivity index (χ3n) is 5.02. The summed E-state index contributed by atoms with van der Waals surface area (Å²) >= 11 is 0. The maximum absolute atomic E-state index is 13.2. The molecule has 4 rings (SSSR count). The Morgan fingerprint density at radius 2 is 2.06 bits per heavy atom. The van der Waals surface area contributed by atoms with E-state index in [4.69, 9.17) is 9.47 Å². The van der Waals surface area contributed by atoms with E-state index in [1.165, 1.54) is 36.3 Å². The Kier molecular flexibility index (Phi) is 6.38. The van der Waals surface area contributed by atoms with Crippen molar-refractivity contribution in [3.8, 4) is 11.4 Å². The van der Waals surface area contributed by atoms with Gasteiger partial charge in [0.1, 0.15) is 23.8 Å². The van der Waals surface area contributed by atoms with Gasteiger partial charge >= 0.3 is 5.97 Å². The Balaban J connectivity index is 1.67. The number of benzene rings is 2. The number of ether oxygens (including phenoxy) is 2. The number of tetrazole rings is 1. The van der Waals surface area contributed by atoms with Gasteiger partial charge < -0.3 is 14.5 Å². The first-order valence-corrected chi connectivity index (χ1v) is 11.6. The van der Waals surface area contributed by atoms with Gasteiger partial charge in [0.25, 0.3) is 0 Å². The lowest BCUT2D eigenvalue weighted by atomic mass is 10.1. The summed E-state index contributed by atoms with van der Waals surface area (Å²) in [7, 11) is -2.66. The molecule has 0 saturated heterocycles. The van der Waals surface area contributed by atoms with Crippen LogP contribution in [0.2, 0.25) is 0 Å². The number of fused-ring (bicyclic) bond motifs is 1. The highest BCUT2D eigenvalue weighted by molar-refractivity contribution is 7.89. The van der Waals surface area contributed by atoms with Crippen molar-refractivity contribution < 1.29 is 22.7 Å². The Bertz CT molecular complexity index is 1370. The molecule has 0 amide bonds. The number of carbonyl (C=O) groups excluding carboxylic acids is 1. The number of hydrogen-bond acceptors (Lipinski definition) is 8. The van der Waals surface area contributed by atoms with E-state index in [2.05, 4.69) is 25.2 Å². The number of para-hydroxylation sites is 1. The van der Waals surface area contributed by atoms with Crippen molar-refractivity contribution in [1.82, 2.24) is 29.9 Å². The molecule has 0 aliphatic heterocycles. The summed E-state index contributed by atoms with van der Waals surface area (Å²) in [6.45, 7) is 1.79. The third kappa shape index (κ3) is 4.71. The van der Waals surface area contributed by atoms with Crippen molar-refractivity contribution in [2.45, 2.75) is 24.3 Å². The molecule has 2 N–H and O–H groups in total. The van der Waals surface area contributed by atoms with Crippen LogP contribution in [0.3, 0.4) is 0 Å². The number of methoxy groups -OCH3 is 1. The smallest absolute Gasteiger partial charge is 0.324 e. The molecule has 2 heterocycles. The van der Waals surface area contributed by atoms with E-state index >= 15 is 0 Å². The SMILES string of the molecule is CCOC(=O)C(Cc1c[nH]c2ccccc12)NS(=O)(=O)c1ccc(OC)c(-n2cnnn2)c1. The number of H-pyrrole nitrogens is 1. The zero-order valence-corrected chi connectivity index (χ0v) is 18.7. The molecule has 2 aromatic carbocycles. The van der Waals surface area contributed by atoms with Crippen molar-refractivity contribution in [2.75, 3.05) is 13.7 Å². The van der Waals surface area contributed by atoms with Crippen LogP contribution in [0.1, 0.15) is 12.5 Å². The van der Waals surface area contributed by atoms with Crippen molar-refractivity contribution in [2.24, 2.45) is 0 Å². The van der Waals surface area contributed by atoms with E-state index in [0.717, 1.165) is 16.5 Å². The van der Waals surface area contributed by atoms with Gasteiger partial charge in [-0.2, -0.15) is 9.40 Å². The van der Waals surface area contributed by atoms with E-state index < -0.39 is 22.0 Å². The normalized spacial score (nSPS) is 12.5. The van der Waals surface area contributed by atoms with Crippen molar-refractivity contribution in [1.29, 1.82) is 0 Å². The minimum Gasteiger partial charge on any atom is -0.494 e. The van der Waals surface area contributed by atoms with E-state index in [-0.39, 0.29) is 17.9 Å². The van der Waals surface area contributed by atoms with Gasteiger partial charge in [-0.25, -0.2) is 8.42 Å². The molecule has 33 heavy (non-hydrogen) atoms. The van der Waals surface area contributed by atoms with Gasteiger partial charge in [-0.05, 0) is 47.2 Å². The number of aromatic amines is 1. The van der Waals surface area contributed by atoms with Crippen LogP contribution in [0.25, 0.3) is 16.6 Å².